The zero-order chi connectivity index (χ0) is 12.5. The van der Waals surface area contributed by atoms with Crippen LogP contribution in [0.1, 0.15) is 0 Å². The Hall–Kier alpha value is -2.00. The topological polar surface area (TPSA) is 27.1 Å². The molecule has 0 aliphatic carbocycles. The monoisotopic (exact) mass is 258 g/mol. The fraction of sp³-hybridized carbons (Fsp3) is 0.0714. The normalized spacial score (nSPS) is 10.8. The van der Waals surface area contributed by atoms with Crippen LogP contribution in [0.15, 0.2) is 48.7 Å². The third-order valence-corrected chi connectivity index (χ3v) is 3.04. The molecular weight excluding hydrogens is 248 g/mol. The second-order valence-electron chi connectivity index (χ2n) is 3.97. The summed E-state index contributed by atoms with van der Waals surface area (Å²) in [4.78, 5) is 0. The third kappa shape index (κ3) is 1.93. The highest BCUT2D eigenvalue weighted by molar-refractivity contribution is 6.31. The predicted molar refractivity (Wildman–Crippen MR) is 72.6 cm³/mol. The molecular formula is C14H11ClN2O. The van der Waals surface area contributed by atoms with Gasteiger partial charge in [-0.25, -0.2) is 4.68 Å². The van der Waals surface area contributed by atoms with Gasteiger partial charge in [-0.3, -0.25) is 0 Å². The number of aromatic nitrogens is 2. The molecule has 0 radical (unpaired) electrons. The van der Waals surface area contributed by atoms with E-state index in [1.165, 1.54) is 0 Å². The van der Waals surface area contributed by atoms with Crippen LogP contribution in [0.5, 0.6) is 5.75 Å². The standard InChI is InChI=1S/C14H11ClN2O/c1-18-13-5-3-12(4-6-13)17-9-10-8-11(15)2-7-14(10)16-17/h2-9H,1H3. The molecule has 90 valence electrons. The molecule has 0 unspecified atom stereocenters. The van der Waals surface area contributed by atoms with Gasteiger partial charge in [0.15, 0.2) is 0 Å². The molecule has 0 N–H and O–H groups in total. The average molecular weight is 259 g/mol. The third-order valence-electron chi connectivity index (χ3n) is 2.80. The SMILES string of the molecule is COc1ccc(-n2cc3cc(Cl)ccc3n2)cc1. The molecule has 0 saturated heterocycles. The van der Waals surface area contributed by atoms with E-state index in [4.69, 9.17) is 16.3 Å². The number of methoxy groups -OCH3 is 1. The van der Waals surface area contributed by atoms with E-state index < -0.39 is 0 Å². The van der Waals surface area contributed by atoms with E-state index in [2.05, 4.69) is 5.10 Å². The average Bonchev–Trinajstić information content (AvgIpc) is 2.81. The minimum atomic E-state index is 0.719. The van der Waals surface area contributed by atoms with Gasteiger partial charge in [-0.2, -0.15) is 5.10 Å². The predicted octanol–water partition coefficient (Wildman–Crippen LogP) is 3.69. The molecule has 3 aromatic rings. The largest absolute Gasteiger partial charge is 0.497 e. The lowest BCUT2D eigenvalue weighted by atomic mass is 10.2. The molecule has 3 nitrogen and oxygen atoms in total. The maximum atomic E-state index is 5.96. The highest BCUT2D eigenvalue weighted by Gasteiger charge is 2.03. The number of rotatable bonds is 2. The highest BCUT2D eigenvalue weighted by Crippen LogP contribution is 2.21. The first-order valence-electron chi connectivity index (χ1n) is 5.55. The summed E-state index contributed by atoms with van der Waals surface area (Å²) in [6.07, 6.45) is 1.96. The van der Waals surface area contributed by atoms with Crippen LogP contribution in [-0.2, 0) is 0 Å². The summed E-state index contributed by atoms with van der Waals surface area (Å²) in [6, 6.07) is 13.4. The molecule has 1 heterocycles. The molecule has 0 atom stereocenters. The number of benzene rings is 2. The minimum Gasteiger partial charge on any atom is -0.497 e. The number of nitrogens with zero attached hydrogens (tertiary/aromatic N) is 2. The Morgan fingerprint density at radius 1 is 1.11 bits per heavy atom. The zero-order valence-electron chi connectivity index (χ0n) is 9.80. The Labute approximate surface area is 110 Å². The molecule has 18 heavy (non-hydrogen) atoms. The fourth-order valence-corrected chi connectivity index (χ4v) is 2.04. The van der Waals surface area contributed by atoms with Gasteiger partial charge in [0.2, 0.25) is 0 Å². The fourth-order valence-electron chi connectivity index (χ4n) is 1.86. The van der Waals surface area contributed by atoms with E-state index in [0.29, 0.717) is 0 Å². The molecule has 0 amide bonds. The summed E-state index contributed by atoms with van der Waals surface area (Å²) in [5.74, 6) is 0.832. The minimum absolute atomic E-state index is 0.719. The highest BCUT2D eigenvalue weighted by atomic mass is 35.5. The smallest absolute Gasteiger partial charge is 0.119 e. The van der Waals surface area contributed by atoms with Gasteiger partial charge in [0.1, 0.15) is 5.75 Å². The first kappa shape index (κ1) is 11.1. The van der Waals surface area contributed by atoms with Crippen LogP contribution < -0.4 is 4.74 Å². The lowest BCUT2D eigenvalue weighted by Gasteiger charge is -2.02. The first-order chi connectivity index (χ1) is 8.76. The summed E-state index contributed by atoms with van der Waals surface area (Å²) < 4.78 is 6.97. The summed E-state index contributed by atoms with van der Waals surface area (Å²) in [5.41, 5.74) is 1.92. The maximum Gasteiger partial charge on any atom is 0.119 e. The van der Waals surface area contributed by atoms with E-state index in [1.54, 1.807) is 7.11 Å². The Morgan fingerprint density at radius 3 is 2.61 bits per heavy atom. The number of fused-ring (bicyclic) bond motifs is 1. The van der Waals surface area contributed by atoms with Crippen molar-refractivity contribution < 1.29 is 4.74 Å². The van der Waals surface area contributed by atoms with Crippen molar-refractivity contribution in [3.8, 4) is 11.4 Å². The number of ether oxygens (including phenoxy) is 1. The van der Waals surface area contributed by atoms with E-state index in [1.807, 2.05) is 53.3 Å². The van der Waals surface area contributed by atoms with Crippen LogP contribution in [0.25, 0.3) is 16.6 Å². The summed E-state index contributed by atoms with van der Waals surface area (Å²) >= 11 is 5.96. The summed E-state index contributed by atoms with van der Waals surface area (Å²) in [7, 11) is 1.65. The maximum absolute atomic E-state index is 5.96. The molecule has 0 bridgehead atoms. The quantitative estimate of drug-likeness (QED) is 0.701. The lowest BCUT2D eigenvalue weighted by molar-refractivity contribution is 0.414. The molecule has 0 spiro atoms. The van der Waals surface area contributed by atoms with Crippen molar-refractivity contribution in [1.29, 1.82) is 0 Å². The number of hydrogen-bond acceptors (Lipinski definition) is 2. The summed E-state index contributed by atoms with van der Waals surface area (Å²) in [6.45, 7) is 0. The first-order valence-corrected chi connectivity index (χ1v) is 5.93. The molecule has 1 aromatic heterocycles. The van der Waals surface area contributed by atoms with Gasteiger partial charge in [0.25, 0.3) is 0 Å². The molecule has 0 aliphatic rings. The van der Waals surface area contributed by atoms with Crippen molar-refractivity contribution in [2.75, 3.05) is 7.11 Å². The van der Waals surface area contributed by atoms with Crippen molar-refractivity contribution in [3.63, 3.8) is 0 Å². The van der Waals surface area contributed by atoms with E-state index in [9.17, 15) is 0 Å². The van der Waals surface area contributed by atoms with Crippen molar-refractivity contribution in [3.05, 3.63) is 53.7 Å². The van der Waals surface area contributed by atoms with Gasteiger partial charge in [0, 0.05) is 16.6 Å². The van der Waals surface area contributed by atoms with E-state index in [-0.39, 0.29) is 0 Å². The van der Waals surface area contributed by atoms with Gasteiger partial charge in [0.05, 0.1) is 18.3 Å². The van der Waals surface area contributed by atoms with Crippen LogP contribution in [0.2, 0.25) is 5.02 Å². The van der Waals surface area contributed by atoms with E-state index in [0.717, 1.165) is 27.4 Å². The second-order valence-corrected chi connectivity index (χ2v) is 4.41. The van der Waals surface area contributed by atoms with E-state index >= 15 is 0 Å². The van der Waals surface area contributed by atoms with Crippen molar-refractivity contribution >= 4 is 22.5 Å². The summed E-state index contributed by atoms with van der Waals surface area (Å²) in [5, 5.41) is 6.24. The van der Waals surface area contributed by atoms with Gasteiger partial charge in [-0.15, -0.1) is 0 Å². The van der Waals surface area contributed by atoms with Crippen LogP contribution in [-0.4, -0.2) is 16.9 Å². The Bertz CT molecular complexity index is 689. The van der Waals surface area contributed by atoms with Crippen molar-refractivity contribution in [2.24, 2.45) is 0 Å². The van der Waals surface area contributed by atoms with Gasteiger partial charge < -0.3 is 4.74 Å². The molecule has 0 fully saturated rings. The number of hydrogen-bond donors (Lipinski definition) is 0. The van der Waals surface area contributed by atoms with Crippen LogP contribution >= 0.6 is 11.6 Å². The van der Waals surface area contributed by atoms with Crippen LogP contribution in [0.3, 0.4) is 0 Å². The van der Waals surface area contributed by atoms with Crippen molar-refractivity contribution in [1.82, 2.24) is 9.78 Å². The van der Waals surface area contributed by atoms with Crippen molar-refractivity contribution in [2.45, 2.75) is 0 Å². The van der Waals surface area contributed by atoms with Gasteiger partial charge in [-0.1, -0.05) is 11.6 Å². The second kappa shape index (κ2) is 4.35. The molecule has 0 aliphatic heterocycles. The lowest BCUT2D eigenvalue weighted by Crippen LogP contribution is -1.93. The molecule has 2 aromatic carbocycles. The Balaban J connectivity index is 2.07. The number of halogens is 1. The molecule has 0 saturated carbocycles. The Kier molecular flexibility index (Phi) is 2.68. The molecule has 3 rings (SSSR count). The van der Waals surface area contributed by atoms with Gasteiger partial charge >= 0.3 is 0 Å². The Morgan fingerprint density at radius 2 is 1.89 bits per heavy atom. The van der Waals surface area contributed by atoms with Crippen LogP contribution in [0.4, 0.5) is 0 Å². The zero-order valence-corrected chi connectivity index (χ0v) is 10.6. The van der Waals surface area contributed by atoms with Gasteiger partial charge in [-0.05, 0) is 42.5 Å². The van der Waals surface area contributed by atoms with Crippen LogP contribution in [0, 0.1) is 0 Å². The molecule has 4 heteroatoms.